The van der Waals surface area contributed by atoms with E-state index in [0.717, 1.165) is 18.5 Å². The van der Waals surface area contributed by atoms with Crippen LogP contribution < -0.4 is 0 Å². The van der Waals surface area contributed by atoms with Crippen molar-refractivity contribution < 1.29 is 5.11 Å². The maximum atomic E-state index is 9.71. The topological polar surface area (TPSA) is 23.5 Å². The molecular weight excluding hydrogens is 270 g/mol. The van der Waals surface area contributed by atoms with E-state index in [9.17, 15) is 5.11 Å². The molecule has 1 N–H and O–H groups in total. The van der Waals surface area contributed by atoms with Crippen LogP contribution in [0.4, 0.5) is 0 Å². The van der Waals surface area contributed by atoms with Gasteiger partial charge in [0.15, 0.2) is 0 Å². The van der Waals surface area contributed by atoms with Crippen molar-refractivity contribution in [2.45, 2.75) is 32.3 Å². The van der Waals surface area contributed by atoms with Crippen LogP contribution in [0.5, 0.6) is 0 Å². The SMILES string of the molecule is CN1CC(C)(C)CC23C(=Cc4c(CO)cccc42)C=CC=C13. The van der Waals surface area contributed by atoms with Crippen molar-refractivity contribution in [2.24, 2.45) is 5.41 Å². The summed E-state index contributed by atoms with van der Waals surface area (Å²) in [5.41, 5.74) is 6.62. The number of likely N-dealkylation sites (tertiary alicyclic amines) is 1. The van der Waals surface area contributed by atoms with Crippen molar-refractivity contribution in [2.75, 3.05) is 13.6 Å². The van der Waals surface area contributed by atoms with Crippen LogP contribution >= 0.6 is 0 Å². The zero-order valence-electron chi connectivity index (χ0n) is 13.6. The van der Waals surface area contributed by atoms with Gasteiger partial charge in [-0.3, -0.25) is 0 Å². The van der Waals surface area contributed by atoms with Gasteiger partial charge in [0.1, 0.15) is 0 Å². The highest BCUT2D eigenvalue weighted by Gasteiger charge is 2.52. The van der Waals surface area contributed by atoms with Crippen molar-refractivity contribution >= 4 is 6.08 Å². The van der Waals surface area contributed by atoms with Gasteiger partial charge in [0, 0.05) is 19.3 Å². The first kappa shape index (κ1) is 13.8. The second kappa shape index (κ2) is 4.36. The summed E-state index contributed by atoms with van der Waals surface area (Å²) in [6.45, 7) is 5.90. The van der Waals surface area contributed by atoms with Crippen LogP contribution in [0, 0.1) is 5.41 Å². The molecule has 2 heteroatoms. The molecule has 1 fully saturated rings. The van der Waals surface area contributed by atoms with Gasteiger partial charge in [-0.15, -0.1) is 0 Å². The van der Waals surface area contributed by atoms with Crippen LogP contribution in [0.3, 0.4) is 0 Å². The van der Waals surface area contributed by atoms with Gasteiger partial charge < -0.3 is 10.0 Å². The van der Waals surface area contributed by atoms with Gasteiger partial charge in [-0.25, -0.2) is 0 Å². The second-order valence-electron chi connectivity index (χ2n) is 7.65. The molecule has 1 aromatic rings. The van der Waals surface area contributed by atoms with Crippen molar-refractivity contribution in [3.8, 4) is 0 Å². The second-order valence-corrected chi connectivity index (χ2v) is 7.65. The molecular formula is C20H23NO. The number of fused-ring (bicyclic) bond motifs is 1. The van der Waals surface area contributed by atoms with E-state index in [1.807, 2.05) is 6.07 Å². The zero-order valence-corrected chi connectivity index (χ0v) is 13.6. The molecule has 1 spiro atoms. The fourth-order valence-corrected chi connectivity index (χ4v) is 4.83. The number of aliphatic hydroxyl groups is 1. The predicted molar refractivity (Wildman–Crippen MR) is 90.3 cm³/mol. The molecule has 1 unspecified atom stereocenters. The highest BCUT2D eigenvalue weighted by molar-refractivity contribution is 5.78. The first-order valence-electron chi connectivity index (χ1n) is 8.03. The molecule has 22 heavy (non-hydrogen) atoms. The third-order valence-electron chi connectivity index (χ3n) is 5.41. The predicted octanol–water partition coefficient (Wildman–Crippen LogP) is 3.63. The Bertz CT molecular complexity index is 738. The summed E-state index contributed by atoms with van der Waals surface area (Å²) >= 11 is 0. The zero-order chi connectivity index (χ0) is 15.5. The summed E-state index contributed by atoms with van der Waals surface area (Å²) in [6.07, 6.45) is 10.1. The van der Waals surface area contributed by atoms with Crippen LogP contribution in [0.2, 0.25) is 0 Å². The van der Waals surface area contributed by atoms with Gasteiger partial charge in [0.2, 0.25) is 0 Å². The molecule has 1 aliphatic heterocycles. The Labute approximate surface area is 132 Å². The van der Waals surface area contributed by atoms with Gasteiger partial charge in [0.05, 0.1) is 12.0 Å². The van der Waals surface area contributed by atoms with Crippen LogP contribution in [0.25, 0.3) is 6.08 Å². The first-order chi connectivity index (χ1) is 10.5. The molecule has 1 aromatic carbocycles. The Morgan fingerprint density at radius 3 is 2.86 bits per heavy atom. The standard InChI is InChI=1S/C20H23NO/c1-19(2)12-20-15(7-5-9-18(20)21(3)13-19)10-16-14(11-22)6-4-8-17(16)20/h4-10,22H,11-13H2,1-3H3. The van der Waals surface area contributed by atoms with Gasteiger partial charge in [-0.05, 0) is 46.3 Å². The van der Waals surface area contributed by atoms with E-state index in [2.05, 4.69) is 62.2 Å². The lowest BCUT2D eigenvalue weighted by atomic mass is 9.60. The maximum absolute atomic E-state index is 9.71. The lowest BCUT2D eigenvalue weighted by molar-refractivity contribution is 0.134. The third-order valence-corrected chi connectivity index (χ3v) is 5.41. The molecule has 0 bridgehead atoms. The summed E-state index contributed by atoms with van der Waals surface area (Å²) in [5.74, 6) is 0. The van der Waals surface area contributed by atoms with Crippen molar-refractivity contribution in [1.29, 1.82) is 0 Å². The fraction of sp³-hybridized carbons (Fsp3) is 0.400. The largest absolute Gasteiger partial charge is 0.392 e. The first-order valence-corrected chi connectivity index (χ1v) is 8.03. The van der Waals surface area contributed by atoms with Gasteiger partial charge in [0.25, 0.3) is 0 Å². The van der Waals surface area contributed by atoms with Crippen molar-refractivity contribution in [3.63, 3.8) is 0 Å². The van der Waals surface area contributed by atoms with Gasteiger partial charge in [-0.2, -0.15) is 0 Å². The molecule has 0 saturated carbocycles. The van der Waals surface area contributed by atoms with Crippen LogP contribution in [0.1, 0.15) is 37.0 Å². The normalized spacial score (nSPS) is 27.7. The smallest absolute Gasteiger partial charge is 0.0687 e. The Kier molecular flexibility index (Phi) is 2.74. The Morgan fingerprint density at radius 1 is 1.27 bits per heavy atom. The number of hydrogen-bond acceptors (Lipinski definition) is 2. The van der Waals surface area contributed by atoms with Crippen LogP contribution in [0.15, 0.2) is 47.7 Å². The molecule has 3 aliphatic rings. The minimum absolute atomic E-state index is 0.0359. The van der Waals surface area contributed by atoms with E-state index in [1.54, 1.807) is 0 Å². The van der Waals surface area contributed by atoms with Crippen molar-refractivity contribution in [1.82, 2.24) is 4.90 Å². The number of likely N-dealkylation sites (N-methyl/N-ethyl adjacent to an activating group) is 1. The molecule has 4 rings (SSSR count). The van der Waals surface area contributed by atoms with Crippen molar-refractivity contribution in [3.05, 3.63) is 64.4 Å². The fourth-order valence-electron chi connectivity index (χ4n) is 4.83. The quantitative estimate of drug-likeness (QED) is 0.854. The van der Waals surface area contributed by atoms with Crippen LogP contribution in [-0.4, -0.2) is 23.6 Å². The Balaban J connectivity index is 2.01. The number of allylic oxidation sites excluding steroid dienone is 4. The van der Waals surface area contributed by atoms with E-state index >= 15 is 0 Å². The summed E-state index contributed by atoms with van der Waals surface area (Å²) in [4.78, 5) is 2.42. The lowest BCUT2D eigenvalue weighted by Crippen LogP contribution is -2.50. The average molecular weight is 293 g/mol. The Morgan fingerprint density at radius 2 is 2.09 bits per heavy atom. The molecule has 2 nitrogen and oxygen atoms in total. The molecule has 1 saturated heterocycles. The summed E-state index contributed by atoms with van der Waals surface area (Å²) in [7, 11) is 2.21. The number of rotatable bonds is 1. The molecule has 2 aliphatic carbocycles. The highest BCUT2D eigenvalue weighted by Crippen LogP contribution is 2.58. The molecule has 0 amide bonds. The minimum atomic E-state index is -0.0359. The summed E-state index contributed by atoms with van der Waals surface area (Å²) in [5, 5.41) is 9.71. The third kappa shape index (κ3) is 1.65. The molecule has 114 valence electrons. The lowest BCUT2D eigenvalue weighted by Gasteiger charge is -2.52. The van der Waals surface area contributed by atoms with E-state index in [0.29, 0.717) is 0 Å². The summed E-state index contributed by atoms with van der Waals surface area (Å²) in [6, 6.07) is 6.38. The molecule has 1 atom stereocenters. The number of hydrogen-bond donors (Lipinski definition) is 1. The number of benzene rings is 1. The highest BCUT2D eigenvalue weighted by atomic mass is 16.3. The van der Waals surface area contributed by atoms with E-state index in [4.69, 9.17) is 0 Å². The minimum Gasteiger partial charge on any atom is -0.392 e. The van der Waals surface area contributed by atoms with Gasteiger partial charge in [-0.1, -0.05) is 44.2 Å². The number of nitrogens with zero attached hydrogens (tertiary/aromatic N) is 1. The van der Waals surface area contributed by atoms with E-state index in [1.165, 1.54) is 22.4 Å². The average Bonchev–Trinajstić information content (AvgIpc) is 2.78. The van der Waals surface area contributed by atoms with Crippen LogP contribution in [-0.2, 0) is 12.0 Å². The van der Waals surface area contributed by atoms with E-state index in [-0.39, 0.29) is 17.4 Å². The molecule has 0 aromatic heterocycles. The maximum Gasteiger partial charge on any atom is 0.0687 e. The number of piperidine rings is 1. The summed E-state index contributed by atoms with van der Waals surface area (Å²) < 4.78 is 0. The number of aliphatic hydroxyl groups excluding tert-OH is 1. The Hall–Kier alpha value is -1.80. The molecule has 0 radical (unpaired) electrons. The van der Waals surface area contributed by atoms with E-state index < -0.39 is 0 Å². The van der Waals surface area contributed by atoms with Gasteiger partial charge >= 0.3 is 0 Å². The monoisotopic (exact) mass is 293 g/mol. The molecule has 1 heterocycles.